The van der Waals surface area contributed by atoms with Gasteiger partial charge in [0.05, 0.1) is 13.2 Å². The zero-order valence-electron chi connectivity index (χ0n) is 12.2. The van der Waals surface area contributed by atoms with Gasteiger partial charge in [-0.3, -0.25) is 15.0 Å². The minimum atomic E-state index is -0.329. The first-order valence-corrected chi connectivity index (χ1v) is 6.76. The van der Waals surface area contributed by atoms with Crippen LogP contribution >= 0.6 is 0 Å². The van der Waals surface area contributed by atoms with Crippen molar-refractivity contribution in [1.29, 1.82) is 0 Å². The molecule has 1 fully saturated rings. The van der Waals surface area contributed by atoms with Crippen molar-refractivity contribution >= 4 is 17.9 Å². The Morgan fingerprint density at radius 2 is 1.86 bits per heavy atom. The molecule has 0 radical (unpaired) electrons. The molecule has 8 heteroatoms. The summed E-state index contributed by atoms with van der Waals surface area (Å²) in [6, 6.07) is 1.37. The highest BCUT2D eigenvalue weighted by Crippen LogP contribution is 2.09. The van der Waals surface area contributed by atoms with Crippen molar-refractivity contribution in [3.05, 3.63) is 18.5 Å². The van der Waals surface area contributed by atoms with Crippen molar-refractivity contribution in [2.45, 2.75) is 13.0 Å². The predicted octanol–water partition coefficient (Wildman–Crippen LogP) is 0.188. The molecule has 114 valence electrons. The Balaban J connectivity index is 1.85. The second kappa shape index (κ2) is 6.98. The van der Waals surface area contributed by atoms with Gasteiger partial charge in [-0.05, 0) is 13.0 Å². The van der Waals surface area contributed by atoms with Gasteiger partial charge in [0.1, 0.15) is 0 Å². The number of anilines is 1. The molecule has 8 nitrogen and oxygen atoms in total. The average molecular weight is 293 g/mol. The van der Waals surface area contributed by atoms with Crippen LogP contribution in [0.25, 0.3) is 0 Å². The van der Waals surface area contributed by atoms with Crippen LogP contribution in [0.5, 0.6) is 0 Å². The number of carbonyl (C=O) groups excluding carboxylic acids is 2. The zero-order valence-corrected chi connectivity index (χ0v) is 12.2. The summed E-state index contributed by atoms with van der Waals surface area (Å²) in [5, 5.41) is 2.68. The van der Waals surface area contributed by atoms with E-state index >= 15 is 0 Å². The lowest BCUT2D eigenvalue weighted by atomic mass is 10.2. The molecule has 1 aliphatic rings. The van der Waals surface area contributed by atoms with E-state index in [9.17, 15) is 9.59 Å². The van der Waals surface area contributed by atoms with Gasteiger partial charge < -0.3 is 9.64 Å². The topological polar surface area (TPSA) is 87.7 Å². The number of hydrogen-bond donors (Lipinski definition) is 1. The van der Waals surface area contributed by atoms with E-state index in [1.54, 1.807) is 23.4 Å². The third-order valence-corrected chi connectivity index (χ3v) is 3.48. The summed E-state index contributed by atoms with van der Waals surface area (Å²) < 4.78 is 4.68. The molecule has 21 heavy (non-hydrogen) atoms. The highest BCUT2D eigenvalue weighted by Gasteiger charge is 2.27. The monoisotopic (exact) mass is 293 g/mol. The Labute approximate surface area is 123 Å². The number of methoxy groups -OCH3 is 1. The molecule has 1 saturated heterocycles. The van der Waals surface area contributed by atoms with Crippen LogP contribution in [0.2, 0.25) is 0 Å². The van der Waals surface area contributed by atoms with Gasteiger partial charge in [-0.15, -0.1) is 0 Å². The van der Waals surface area contributed by atoms with E-state index in [0.717, 1.165) is 0 Å². The van der Waals surface area contributed by atoms with E-state index in [1.807, 2.05) is 11.8 Å². The lowest BCUT2D eigenvalue weighted by Crippen LogP contribution is -2.54. The van der Waals surface area contributed by atoms with Crippen LogP contribution < -0.4 is 5.32 Å². The molecule has 0 aromatic carbocycles. The lowest BCUT2D eigenvalue weighted by molar-refractivity contribution is -0.121. The second-order valence-electron chi connectivity index (χ2n) is 4.73. The van der Waals surface area contributed by atoms with Crippen molar-refractivity contribution in [3.8, 4) is 0 Å². The SMILES string of the molecule is COC(=O)N1CCN(C(C)C(=O)Nc2ncccn2)CC1. The minimum Gasteiger partial charge on any atom is -0.453 e. The summed E-state index contributed by atoms with van der Waals surface area (Å²) in [5.41, 5.74) is 0. The molecule has 1 aliphatic heterocycles. The fourth-order valence-electron chi connectivity index (χ4n) is 2.16. The number of nitrogens with zero attached hydrogens (tertiary/aromatic N) is 4. The van der Waals surface area contributed by atoms with E-state index in [-0.39, 0.29) is 18.0 Å². The van der Waals surface area contributed by atoms with Crippen LogP contribution in [0.15, 0.2) is 18.5 Å². The van der Waals surface area contributed by atoms with E-state index in [4.69, 9.17) is 0 Å². The molecule has 1 atom stereocenters. The maximum absolute atomic E-state index is 12.1. The first-order valence-electron chi connectivity index (χ1n) is 6.76. The summed E-state index contributed by atoms with van der Waals surface area (Å²) in [4.78, 5) is 35.1. The van der Waals surface area contributed by atoms with Gasteiger partial charge in [0.15, 0.2) is 0 Å². The van der Waals surface area contributed by atoms with Gasteiger partial charge in [0, 0.05) is 38.6 Å². The average Bonchev–Trinajstić information content (AvgIpc) is 2.54. The minimum absolute atomic E-state index is 0.160. The Morgan fingerprint density at radius 3 is 2.43 bits per heavy atom. The Hall–Kier alpha value is -2.22. The number of rotatable bonds is 3. The summed E-state index contributed by atoms with van der Waals surface area (Å²) in [6.45, 7) is 4.17. The summed E-state index contributed by atoms with van der Waals surface area (Å²) in [5.74, 6) is 0.135. The molecular formula is C13H19N5O3. The van der Waals surface area contributed by atoms with Gasteiger partial charge in [-0.2, -0.15) is 0 Å². The molecule has 2 heterocycles. The highest BCUT2D eigenvalue weighted by atomic mass is 16.5. The number of piperazine rings is 1. The first kappa shape index (κ1) is 15.2. The number of nitrogens with one attached hydrogen (secondary N) is 1. The number of ether oxygens (including phenoxy) is 1. The standard InChI is InChI=1S/C13H19N5O3/c1-10(11(19)16-12-14-4-3-5-15-12)17-6-8-18(9-7-17)13(20)21-2/h3-5,10H,6-9H2,1-2H3,(H,14,15,16,19). The molecule has 0 bridgehead atoms. The molecule has 1 N–H and O–H groups in total. The Bertz CT molecular complexity index is 488. The molecule has 0 saturated carbocycles. The third kappa shape index (κ3) is 3.88. The van der Waals surface area contributed by atoms with E-state index in [0.29, 0.717) is 32.1 Å². The molecule has 1 unspecified atom stereocenters. The summed E-state index contributed by atoms with van der Waals surface area (Å²) in [7, 11) is 1.37. The lowest BCUT2D eigenvalue weighted by Gasteiger charge is -2.36. The molecular weight excluding hydrogens is 274 g/mol. The molecule has 0 spiro atoms. The van der Waals surface area contributed by atoms with Gasteiger partial charge in [0.2, 0.25) is 11.9 Å². The molecule has 0 aliphatic carbocycles. The Morgan fingerprint density at radius 1 is 1.24 bits per heavy atom. The number of carbonyl (C=O) groups is 2. The fraction of sp³-hybridized carbons (Fsp3) is 0.538. The van der Waals surface area contributed by atoms with Crippen molar-refractivity contribution in [2.75, 3.05) is 38.6 Å². The molecule has 1 aromatic rings. The zero-order chi connectivity index (χ0) is 15.2. The van der Waals surface area contributed by atoms with Crippen molar-refractivity contribution in [1.82, 2.24) is 19.8 Å². The molecule has 2 amide bonds. The fourth-order valence-corrected chi connectivity index (χ4v) is 2.16. The van der Waals surface area contributed by atoms with E-state index in [1.165, 1.54) is 7.11 Å². The molecule has 2 rings (SSSR count). The number of aromatic nitrogens is 2. The predicted molar refractivity (Wildman–Crippen MR) is 75.7 cm³/mol. The highest BCUT2D eigenvalue weighted by molar-refractivity contribution is 5.93. The van der Waals surface area contributed by atoms with Crippen LogP contribution in [0.1, 0.15) is 6.92 Å². The van der Waals surface area contributed by atoms with Gasteiger partial charge in [0.25, 0.3) is 0 Å². The molecule has 1 aromatic heterocycles. The van der Waals surface area contributed by atoms with Crippen LogP contribution in [0, 0.1) is 0 Å². The quantitative estimate of drug-likeness (QED) is 0.856. The van der Waals surface area contributed by atoms with Crippen LogP contribution in [-0.2, 0) is 9.53 Å². The van der Waals surface area contributed by atoms with Crippen LogP contribution in [0.3, 0.4) is 0 Å². The number of hydrogen-bond acceptors (Lipinski definition) is 6. The van der Waals surface area contributed by atoms with Crippen LogP contribution in [0.4, 0.5) is 10.7 Å². The van der Waals surface area contributed by atoms with Gasteiger partial charge >= 0.3 is 6.09 Å². The van der Waals surface area contributed by atoms with Gasteiger partial charge in [-0.1, -0.05) is 0 Å². The second-order valence-corrected chi connectivity index (χ2v) is 4.73. The summed E-state index contributed by atoms with van der Waals surface area (Å²) >= 11 is 0. The maximum atomic E-state index is 12.1. The number of amides is 2. The van der Waals surface area contributed by atoms with E-state index in [2.05, 4.69) is 20.0 Å². The smallest absolute Gasteiger partial charge is 0.409 e. The first-order chi connectivity index (χ1) is 10.1. The maximum Gasteiger partial charge on any atom is 0.409 e. The van der Waals surface area contributed by atoms with Crippen LogP contribution in [-0.4, -0.2) is 71.1 Å². The Kier molecular flexibility index (Phi) is 5.04. The van der Waals surface area contributed by atoms with Crippen molar-refractivity contribution in [3.63, 3.8) is 0 Å². The third-order valence-electron chi connectivity index (χ3n) is 3.48. The van der Waals surface area contributed by atoms with Crippen molar-refractivity contribution < 1.29 is 14.3 Å². The summed E-state index contributed by atoms with van der Waals surface area (Å²) in [6.07, 6.45) is 2.81. The largest absolute Gasteiger partial charge is 0.453 e. The van der Waals surface area contributed by atoms with Crippen molar-refractivity contribution in [2.24, 2.45) is 0 Å². The van der Waals surface area contributed by atoms with E-state index < -0.39 is 0 Å². The van der Waals surface area contributed by atoms with Gasteiger partial charge in [-0.25, -0.2) is 14.8 Å². The normalized spacial score (nSPS) is 17.1.